The number of hydrogen-bond acceptors (Lipinski definition) is 2. The van der Waals surface area contributed by atoms with Crippen LogP contribution < -0.4 is 0 Å². The molecule has 0 radical (unpaired) electrons. The topological polar surface area (TPSA) is 40.5 Å². The molecule has 1 saturated carbocycles. The van der Waals surface area contributed by atoms with Crippen LogP contribution in [0, 0.1) is 23.7 Å². The molecule has 2 bridgehead atoms. The van der Waals surface area contributed by atoms with Crippen molar-refractivity contribution in [1.29, 1.82) is 0 Å². The molecule has 0 unspecified atom stereocenters. The zero-order chi connectivity index (χ0) is 10.7. The lowest BCUT2D eigenvalue weighted by Gasteiger charge is -2.22. The molecule has 4 atom stereocenters. The molecule has 82 valence electrons. The molecule has 1 fully saturated rings. The lowest BCUT2D eigenvalue weighted by atomic mass is 9.82. The summed E-state index contributed by atoms with van der Waals surface area (Å²) >= 11 is 0. The highest BCUT2D eigenvalue weighted by molar-refractivity contribution is 5.21. The number of hydrogen-bond donors (Lipinski definition) is 2. The number of rotatable bonds is 4. The van der Waals surface area contributed by atoms with E-state index in [1.807, 2.05) is 12.2 Å². The molecule has 0 amide bonds. The minimum absolute atomic E-state index is 0.119. The van der Waals surface area contributed by atoms with Crippen LogP contribution in [0.15, 0.2) is 36.5 Å². The molecule has 2 rings (SSSR count). The average molecular weight is 206 g/mol. The van der Waals surface area contributed by atoms with E-state index in [0.717, 1.165) is 0 Å². The number of fused-ring (bicyclic) bond motifs is 2. The van der Waals surface area contributed by atoms with Crippen LogP contribution in [0.5, 0.6) is 0 Å². The van der Waals surface area contributed by atoms with Crippen molar-refractivity contribution in [2.24, 2.45) is 23.7 Å². The molecule has 2 heteroatoms. The van der Waals surface area contributed by atoms with Crippen molar-refractivity contribution in [3.05, 3.63) is 36.5 Å². The Morgan fingerprint density at radius 2 is 1.40 bits per heavy atom. The van der Waals surface area contributed by atoms with Gasteiger partial charge < -0.3 is 10.2 Å². The van der Waals surface area contributed by atoms with Gasteiger partial charge >= 0.3 is 0 Å². The van der Waals surface area contributed by atoms with Gasteiger partial charge in [0.25, 0.3) is 0 Å². The highest BCUT2D eigenvalue weighted by Crippen LogP contribution is 2.49. The summed E-state index contributed by atoms with van der Waals surface area (Å²) in [6, 6.07) is 0. The Labute approximate surface area is 90.6 Å². The van der Waals surface area contributed by atoms with E-state index in [4.69, 9.17) is 10.2 Å². The van der Waals surface area contributed by atoms with E-state index in [1.54, 1.807) is 0 Å². The maximum Gasteiger partial charge on any atom is 0.0612 e. The molecule has 0 aromatic rings. The summed E-state index contributed by atoms with van der Waals surface area (Å²) in [7, 11) is 0. The second-order valence-electron chi connectivity index (χ2n) is 4.32. The SMILES string of the molecule is OC/C=C/[C@@H]1[C@H](/C=C/CO)[C@H]2C=C[C@@H]1C2. The van der Waals surface area contributed by atoms with Gasteiger partial charge in [0.05, 0.1) is 13.2 Å². The van der Waals surface area contributed by atoms with Crippen molar-refractivity contribution in [2.45, 2.75) is 6.42 Å². The number of aliphatic hydroxyl groups is 2. The molecule has 0 heterocycles. The van der Waals surface area contributed by atoms with Crippen molar-refractivity contribution < 1.29 is 10.2 Å². The van der Waals surface area contributed by atoms with Gasteiger partial charge in [-0.3, -0.25) is 0 Å². The molecule has 2 N–H and O–H groups in total. The van der Waals surface area contributed by atoms with Crippen LogP contribution in [0.4, 0.5) is 0 Å². The van der Waals surface area contributed by atoms with Crippen molar-refractivity contribution in [2.75, 3.05) is 13.2 Å². The van der Waals surface area contributed by atoms with Crippen LogP contribution in [-0.4, -0.2) is 23.4 Å². The zero-order valence-corrected chi connectivity index (χ0v) is 8.79. The molecular formula is C13H18O2. The van der Waals surface area contributed by atoms with Gasteiger partial charge in [-0.1, -0.05) is 36.5 Å². The third-order valence-electron chi connectivity index (χ3n) is 3.51. The number of allylic oxidation sites excluding steroid dienone is 4. The fourth-order valence-corrected chi connectivity index (χ4v) is 2.88. The Balaban J connectivity index is 2.09. The first-order chi connectivity index (χ1) is 7.36. The minimum Gasteiger partial charge on any atom is -0.392 e. The molecule has 0 aromatic heterocycles. The number of aliphatic hydroxyl groups excluding tert-OH is 2. The molecule has 0 saturated heterocycles. The average Bonchev–Trinajstić information content (AvgIpc) is 2.83. The minimum atomic E-state index is 0.119. The molecule has 2 aliphatic carbocycles. The summed E-state index contributed by atoms with van der Waals surface area (Å²) in [5.74, 6) is 2.28. The fourth-order valence-electron chi connectivity index (χ4n) is 2.88. The normalized spacial score (nSPS) is 38.8. The summed E-state index contributed by atoms with van der Waals surface area (Å²) in [6.45, 7) is 0.238. The maximum absolute atomic E-state index is 8.80. The van der Waals surface area contributed by atoms with Crippen LogP contribution >= 0.6 is 0 Å². The van der Waals surface area contributed by atoms with Gasteiger partial charge in [0, 0.05) is 0 Å². The van der Waals surface area contributed by atoms with Gasteiger partial charge in [-0.15, -0.1) is 0 Å². The van der Waals surface area contributed by atoms with Crippen molar-refractivity contribution in [3.63, 3.8) is 0 Å². The van der Waals surface area contributed by atoms with E-state index >= 15 is 0 Å². The third-order valence-corrected chi connectivity index (χ3v) is 3.51. The predicted octanol–water partition coefficient (Wildman–Crippen LogP) is 1.52. The van der Waals surface area contributed by atoms with Crippen molar-refractivity contribution in [1.82, 2.24) is 0 Å². The van der Waals surface area contributed by atoms with Crippen LogP contribution in [-0.2, 0) is 0 Å². The van der Waals surface area contributed by atoms with Gasteiger partial charge in [0.2, 0.25) is 0 Å². The van der Waals surface area contributed by atoms with E-state index in [2.05, 4.69) is 24.3 Å². The summed E-state index contributed by atoms with van der Waals surface area (Å²) in [4.78, 5) is 0. The van der Waals surface area contributed by atoms with Crippen molar-refractivity contribution in [3.8, 4) is 0 Å². The molecule has 0 spiro atoms. The van der Waals surface area contributed by atoms with Crippen LogP contribution in [0.2, 0.25) is 0 Å². The van der Waals surface area contributed by atoms with E-state index < -0.39 is 0 Å². The quantitative estimate of drug-likeness (QED) is 0.685. The Hall–Kier alpha value is -0.860. The second-order valence-corrected chi connectivity index (χ2v) is 4.32. The maximum atomic E-state index is 8.80. The van der Waals surface area contributed by atoms with E-state index in [-0.39, 0.29) is 13.2 Å². The highest BCUT2D eigenvalue weighted by atomic mass is 16.3. The standard InChI is InChI=1S/C13H18O2/c14-7-1-3-12-10-5-6-11(9-10)13(12)4-2-8-15/h1-6,10-15H,7-9H2/b3-1+,4-2+/t10-,11+,12+,13-. The Kier molecular flexibility index (Phi) is 3.39. The van der Waals surface area contributed by atoms with E-state index in [1.165, 1.54) is 6.42 Å². The predicted molar refractivity (Wildman–Crippen MR) is 60.2 cm³/mol. The molecule has 2 aliphatic rings. The Bertz CT molecular complexity index is 263. The third kappa shape index (κ3) is 2.06. The second kappa shape index (κ2) is 4.77. The van der Waals surface area contributed by atoms with Gasteiger partial charge in [0.1, 0.15) is 0 Å². The lowest BCUT2D eigenvalue weighted by Crippen LogP contribution is -2.15. The Morgan fingerprint density at radius 1 is 0.933 bits per heavy atom. The first-order valence-corrected chi connectivity index (χ1v) is 5.60. The Morgan fingerprint density at radius 3 is 1.80 bits per heavy atom. The van der Waals surface area contributed by atoms with Gasteiger partial charge in [0.15, 0.2) is 0 Å². The fraction of sp³-hybridized carbons (Fsp3) is 0.538. The van der Waals surface area contributed by atoms with Gasteiger partial charge in [-0.2, -0.15) is 0 Å². The summed E-state index contributed by atoms with van der Waals surface area (Å²) in [6.07, 6.45) is 13.7. The zero-order valence-electron chi connectivity index (χ0n) is 8.79. The van der Waals surface area contributed by atoms with Gasteiger partial charge in [-0.05, 0) is 30.1 Å². The first-order valence-electron chi connectivity index (χ1n) is 5.60. The van der Waals surface area contributed by atoms with E-state index in [0.29, 0.717) is 23.7 Å². The largest absolute Gasteiger partial charge is 0.392 e. The first kappa shape index (κ1) is 10.7. The monoisotopic (exact) mass is 206 g/mol. The summed E-state index contributed by atoms with van der Waals surface area (Å²) in [5, 5.41) is 17.6. The summed E-state index contributed by atoms with van der Waals surface area (Å²) < 4.78 is 0. The van der Waals surface area contributed by atoms with Gasteiger partial charge in [-0.25, -0.2) is 0 Å². The molecule has 15 heavy (non-hydrogen) atoms. The highest BCUT2D eigenvalue weighted by Gasteiger charge is 2.41. The molecule has 0 aromatic carbocycles. The molecule has 2 nitrogen and oxygen atoms in total. The van der Waals surface area contributed by atoms with E-state index in [9.17, 15) is 0 Å². The van der Waals surface area contributed by atoms with Crippen LogP contribution in [0.1, 0.15) is 6.42 Å². The van der Waals surface area contributed by atoms with Crippen LogP contribution in [0.25, 0.3) is 0 Å². The van der Waals surface area contributed by atoms with Crippen LogP contribution in [0.3, 0.4) is 0 Å². The molecular weight excluding hydrogens is 188 g/mol. The van der Waals surface area contributed by atoms with Crippen molar-refractivity contribution >= 4 is 0 Å². The lowest BCUT2D eigenvalue weighted by molar-refractivity contribution is 0.337. The molecule has 0 aliphatic heterocycles. The summed E-state index contributed by atoms with van der Waals surface area (Å²) in [5.41, 5.74) is 0. The smallest absolute Gasteiger partial charge is 0.0612 e.